The van der Waals surface area contributed by atoms with Crippen LogP contribution in [-0.4, -0.2) is 12.4 Å². The first-order valence-corrected chi connectivity index (χ1v) is 5.38. The molecule has 1 aromatic rings. The minimum absolute atomic E-state index is 0.203. The van der Waals surface area contributed by atoms with Crippen LogP contribution in [0, 0.1) is 0 Å². The van der Waals surface area contributed by atoms with Gasteiger partial charge in [0.25, 0.3) is 0 Å². The van der Waals surface area contributed by atoms with Gasteiger partial charge in [-0.25, -0.2) is 4.79 Å². The Labute approximate surface area is 93.9 Å². The van der Waals surface area contributed by atoms with Gasteiger partial charge >= 0.3 is 0 Å². The zero-order valence-corrected chi connectivity index (χ0v) is 9.10. The van der Waals surface area contributed by atoms with Gasteiger partial charge in [-0.15, -0.1) is 0 Å². The van der Waals surface area contributed by atoms with E-state index in [0.29, 0.717) is 17.2 Å². The highest BCUT2D eigenvalue weighted by atomic mass is 16.7. The Hall–Kier alpha value is -1.80. The Balaban J connectivity index is 2.09. The molecule has 0 N–H and O–H groups in total. The fourth-order valence-electron chi connectivity index (χ4n) is 1.60. The number of nitrogens with zero attached hydrogens (tertiary/aromatic N) is 1. The average molecular weight is 219 g/mol. The van der Waals surface area contributed by atoms with Crippen molar-refractivity contribution in [3.05, 3.63) is 18.2 Å². The largest absolute Gasteiger partial charge is 0.451 e. The van der Waals surface area contributed by atoms with E-state index in [2.05, 4.69) is 11.9 Å². The van der Waals surface area contributed by atoms with Crippen LogP contribution < -0.4 is 9.47 Å². The van der Waals surface area contributed by atoms with Gasteiger partial charge in [-0.3, -0.25) is 0 Å². The number of unbranched alkanes of at least 4 members (excludes halogenated alkanes) is 1. The summed E-state index contributed by atoms with van der Waals surface area (Å²) in [4.78, 5) is 13.6. The summed E-state index contributed by atoms with van der Waals surface area (Å²) < 4.78 is 11.2. The van der Waals surface area contributed by atoms with E-state index in [0.717, 1.165) is 19.3 Å². The molecular weight excluding hydrogens is 206 g/mol. The molecular formula is C12H13NO3. The number of hydrogen-bond acceptors (Lipinski definition) is 4. The summed E-state index contributed by atoms with van der Waals surface area (Å²) in [7, 11) is 0. The second-order valence-corrected chi connectivity index (χ2v) is 3.64. The summed E-state index contributed by atoms with van der Waals surface area (Å²) in [6.45, 7) is 2.12. The van der Waals surface area contributed by atoms with E-state index in [4.69, 9.17) is 9.47 Å². The highest BCUT2D eigenvalue weighted by Crippen LogP contribution is 2.38. The molecule has 1 aromatic carbocycles. The molecule has 0 fully saturated rings. The summed E-state index contributed by atoms with van der Waals surface area (Å²) in [5.41, 5.74) is 0.536. The van der Waals surface area contributed by atoms with Crippen LogP contribution in [0.15, 0.2) is 23.2 Å². The van der Waals surface area contributed by atoms with Gasteiger partial charge in [0, 0.05) is 12.5 Å². The number of fused-ring (bicyclic) bond motifs is 1. The van der Waals surface area contributed by atoms with Crippen molar-refractivity contribution in [1.29, 1.82) is 0 Å². The monoisotopic (exact) mass is 219 g/mol. The van der Waals surface area contributed by atoms with Gasteiger partial charge in [-0.2, -0.15) is 4.99 Å². The Kier molecular flexibility index (Phi) is 3.22. The van der Waals surface area contributed by atoms with Crippen LogP contribution in [0.25, 0.3) is 0 Å². The molecule has 0 radical (unpaired) electrons. The Bertz CT molecular complexity index is 424. The van der Waals surface area contributed by atoms with E-state index >= 15 is 0 Å². The molecule has 4 heteroatoms. The normalized spacial score (nSPS) is 16.9. The maximum Gasteiger partial charge on any atom is 0.241 e. The first kappa shape index (κ1) is 10.7. The predicted molar refractivity (Wildman–Crippen MR) is 58.8 cm³/mol. The minimum Gasteiger partial charge on any atom is -0.451 e. The number of isocyanates is 1. The van der Waals surface area contributed by atoms with E-state index in [-0.39, 0.29) is 6.29 Å². The maximum absolute atomic E-state index is 10.1. The molecule has 1 aliphatic heterocycles. The van der Waals surface area contributed by atoms with Crippen LogP contribution >= 0.6 is 0 Å². The lowest BCUT2D eigenvalue weighted by Crippen LogP contribution is -2.17. The molecule has 2 rings (SSSR count). The summed E-state index contributed by atoms with van der Waals surface area (Å²) in [6.07, 6.45) is 4.35. The summed E-state index contributed by atoms with van der Waals surface area (Å²) in [6, 6.07) is 5.15. The van der Waals surface area contributed by atoms with Crippen molar-refractivity contribution in [2.45, 2.75) is 32.5 Å². The van der Waals surface area contributed by atoms with Crippen molar-refractivity contribution >= 4 is 11.8 Å². The Morgan fingerprint density at radius 2 is 2.19 bits per heavy atom. The molecule has 84 valence electrons. The molecule has 0 saturated heterocycles. The second kappa shape index (κ2) is 4.81. The van der Waals surface area contributed by atoms with E-state index in [1.54, 1.807) is 18.2 Å². The SMILES string of the molecule is CCCCC1Oc2ccc(N=C=O)cc2O1. The molecule has 1 aliphatic rings. The lowest BCUT2D eigenvalue weighted by molar-refractivity contribution is 0.0400. The fourth-order valence-corrected chi connectivity index (χ4v) is 1.60. The predicted octanol–water partition coefficient (Wildman–Crippen LogP) is 2.94. The van der Waals surface area contributed by atoms with Crippen molar-refractivity contribution in [2.75, 3.05) is 0 Å². The highest BCUT2D eigenvalue weighted by molar-refractivity contribution is 5.56. The number of benzene rings is 1. The molecule has 16 heavy (non-hydrogen) atoms. The van der Waals surface area contributed by atoms with Gasteiger partial charge in [0.05, 0.1) is 5.69 Å². The topological polar surface area (TPSA) is 47.9 Å². The van der Waals surface area contributed by atoms with Crippen molar-refractivity contribution in [1.82, 2.24) is 0 Å². The van der Waals surface area contributed by atoms with Crippen LogP contribution in [0.3, 0.4) is 0 Å². The van der Waals surface area contributed by atoms with Crippen molar-refractivity contribution in [2.24, 2.45) is 4.99 Å². The molecule has 0 bridgehead atoms. The number of rotatable bonds is 4. The number of ether oxygens (including phenoxy) is 2. The molecule has 1 unspecified atom stereocenters. The third kappa shape index (κ3) is 2.23. The molecule has 0 saturated carbocycles. The minimum atomic E-state index is -0.203. The van der Waals surface area contributed by atoms with Crippen LogP contribution in [0.4, 0.5) is 5.69 Å². The van der Waals surface area contributed by atoms with E-state index in [1.165, 1.54) is 6.08 Å². The average Bonchev–Trinajstić information content (AvgIpc) is 2.68. The van der Waals surface area contributed by atoms with E-state index in [9.17, 15) is 4.79 Å². The van der Waals surface area contributed by atoms with Crippen molar-refractivity contribution in [3.8, 4) is 11.5 Å². The van der Waals surface area contributed by atoms with Gasteiger partial charge in [-0.1, -0.05) is 13.3 Å². The lowest BCUT2D eigenvalue weighted by Gasteiger charge is -2.08. The molecule has 0 aliphatic carbocycles. The van der Waals surface area contributed by atoms with Crippen molar-refractivity contribution in [3.63, 3.8) is 0 Å². The van der Waals surface area contributed by atoms with Gasteiger partial charge in [0.15, 0.2) is 11.5 Å². The van der Waals surface area contributed by atoms with Crippen LogP contribution in [-0.2, 0) is 4.79 Å². The van der Waals surface area contributed by atoms with Gasteiger partial charge in [0.1, 0.15) is 0 Å². The first-order chi connectivity index (χ1) is 7.83. The van der Waals surface area contributed by atoms with Crippen LogP contribution in [0.1, 0.15) is 26.2 Å². The fraction of sp³-hybridized carbons (Fsp3) is 0.417. The zero-order chi connectivity index (χ0) is 11.4. The van der Waals surface area contributed by atoms with Crippen molar-refractivity contribution < 1.29 is 14.3 Å². The smallest absolute Gasteiger partial charge is 0.241 e. The Morgan fingerprint density at radius 1 is 1.38 bits per heavy atom. The zero-order valence-electron chi connectivity index (χ0n) is 9.10. The van der Waals surface area contributed by atoms with Gasteiger partial charge < -0.3 is 9.47 Å². The quantitative estimate of drug-likeness (QED) is 0.577. The molecule has 0 aromatic heterocycles. The first-order valence-electron chi connectivity index (χ1n) is 5.38. The molecule has 0 spiro atoms. The van der Waals surface area contributed by atoms with Crippen LogP contribution in [0.2, 0.25) is 0 Å². The number of carbonyl (C=O) groups excluding carboxylic acids is 1. The molecule has 1 heterocycles. The third-order valence-electron chi connectivity index (χ3n) is 2.41. The van der Waals surface area contributed by atoms with Crippen LogP contribution in [0.5, 0.6) is 11.5 Å². The second-order valence-electron chi connectivity index (χ2n) is 3.64. The molecule has 4 nitrogen and oxygen atoms in total. The van der Waals surface area contributed by atoms with E-state index < -0.39 is 0 Å². The Morgan fingerprint density at radius 3 is 2.94 bits per heavy atom. The number of aliphatic imine (C=N–C) groups is 1. The summed E-state index contributed by atoms with van der Waals surface area (Å²) >= 11 is 0. The third-order valence-corrected chi connectivity index (χ3v) is 2.41. The molecule has 1 atom stereocenters. The van der Waals surface area contributed by atoms with E-state index in [1.807, 2.05) is 0 Å². The highest BCUT2D eigenvalue weighted by Gasteiger charge is 2.23. The summed E-state index contributed by atoms with van der Waals surface area (Å²) in [5, 5.41) is 0. The van der Waals surface area contributed by atoms with Gasteiger partial charge in [0.2, 0.25) is 12.4 Å². The van der Waals surface area contributed by atoms with Gasteiger partial charge in [-0.05, 0) is 18.6 Å². The number of hydrogen-bond donors (Lipinski definition) is 0. The maximum atomic E-state index is 10.1. The summed E-state index contributed by atoms with van der Waals surface area (Å²) in [5.74, 6) is 1.36. The molecule has 0 amide bonds. The standard InChI is InChI=1S/C12H13NO3/c1-2-3-4-12-15-10-6-5-9(13-8-14)7-11(10)16-12/h5-7,12H,2-4H2,1H3. The lowest BCUT2D eigenvalue weighted by atomic mass is 10.2.